The highest BCUT2D eigenvalue weighted by atomic mass is 35.5. The SMILES string of the molecule is CCCNC(=O)[C@H](CC)N(Cc1ccc(Cl)c(Cl)c1)C(=O)CSc1ccccc1. The highest BCUT2D eigenvalue weighted by Crippen LogP contribution is 2.25. The first-order valence-electron chi connectivity index (χ1n) is 9.65. The number of rotatable bonds is 10. The van der Waals surface area contributed by atoms with Crippen LogP contribution in [0.25, 0.3) is 0 Å². The molecule has 0 spiro atoms. The first-order valence-corrected chi connectivity index (χ1v) is 11.4. The molecule has 0 aliphatic carbocycles. The minimum atomic E-state index is -0.542. The van der Waals surface area contributed by atoms with E-state index in [4.69, 9.17) is 23.2 Å². The molecule has 2 aromatic carbocycles. The number of nitrogens with one attached hydrogen (secondary N) is 1. The van der Waals surface area contributed by atoms with Crippen LogP contribution in [0.3, 0.4) is 0 Å². The monoisotopic (exact) mass is 452 g/mol. The van der Waals surface area contributed by atoms with Crippen molar-refractivity contribution in [2.45, 2.75) is 44.2 Å². The van der Waals surface area contributed by atoms with Gasteiger partial charge in [-0.3, -0.25) is 9.59 Å². The van der Waals surface area contributed by atoms with E-state index in [-0.39, 0.29) is 17.6 Å². The van der Waals surface area contributed by atoms with Crippen molar-refractivity contribution in [2.75, 3.05) is 12.3 Å². The highest BCUT2D eigenvalue weighted by molar-refractivity contribution is 8.00. The van der Waals surface area contributed by atoms with Crippen molar-refractivity contribution in [3.8, 4) is 0 Å². The first kappa shape index (κ1) is 23.6. The van der Waals surface area contributed by atoms with Gasteiger partial charge in [-0.25, -0.2) is 0 Å². The second-order valence-electron chi connectivity index (χ2n) is 6.59. The zero-order valence-electron chi connectivity index (χ0n) is 16.7. The van der Waals surface area contributed by atoms with E-state index in [9.17, 15) is 9.59 Å². The van der Waals surface area contributed by atoms with Crippen LogP contribution < -0.4 is 5.32 Å². The summed E-state index contributed by atoms with van der Waals surface area (Å²) >= 11 is 13.6. The van der Waals surface area contributed by atoms with E-state index < -0.39 is 6.04 Å². The maximum Gasteiger partial charge on any atom is 0.242 e. The molecule has 0 fully saturated rings. The van der Waals surface area contributed by atoms with Gasteiger partial charge in [0.2, 0.25) is 11.8 Å². The van der Waals surface area contributed by atoms with Crippen molar-refractivity contribution < 1.29 is 9.59 Å². The van der Waals surface area contributed by atoms with Crippen LogP contribution in [0.2, 0.25) is 10.0 Å². The van der Waals surface area contributed by atoms with Crippen molar-refractivity contribution in [2.24, 2.45) is 0 Å². The van der Waals surface area contributed by atoms with Crippen LogP contribution in [0.15, 0.2) is 53.4 Å². The maximum absolute atomic E-state index is 13.1. The molecule has 2 rings (SSSR count). The van der Waals surface area contributed by atoms with Gasteiger partial charge in [-0.1, -0.05) is 61.3 Å². The molecule has 0 unspecified atom stereocenters. The summed E-state index contributed by atoms with van der Waals surface area (Å²) in [6.45, 7) is 4.79. The summed E-state index contributed by atoms with van der Waals surface area (Å²) in [6, 6.07) is 14.5. The number of hydrogen-bond acceptors (Lipinski definition) is 3. The van der Waals surface area contributed by atoms with E-state index in [1.807, 2.05) is 50.2 Å². The highest BCUT2D eigenvalue weighted by Gasteiger charge is 2.28. The molecule has 0 radical (unpaired) electrons. The third-order valence-corrected chi connectivity index (χ3v) is 6.11. The molecule has 1 N–H and O–H groups in total. The van der Waals surface area contributed by atoms with Crippen LogP contribution in [0.1, 0.15) is 32.3 Å². The Labute approximate surface area is 187 Å². The van der Waals surface area contributed by atoms with Crippen molar-refractivity contribution >= 4 is 46.8 Å². The van der Waals surface area contributed by atoms with Crippen molar-refractivity contribution in [3.05, 3.63) is 64.1 Å². The molecular formula is C22H26Cl2N2O2S. The van der Waals surface area contributed by atoms with E-state index in [0.29, 0.717) is 29.6 Å². The molecule has 0 saturated heterocycles. The summed E-state index contributed by atoms with van der Waals surface area (Å²) < 4.78 is 0. The molecule has 0 aromatic heterocycles. The topological polar surface area (TPSA) is 49.4 Å². The Bertz CT molecular complexity index is 818. The van der Waals surface area contributed by atoms with Crippen LogP contribution in [-0.4, -0.2) is 35.1 Å². The molecule has 29 heavy (non-hydrogen) atoms. The van der Waals surface area contributed by atoms with Gasteiger partial charge in [-0.05, 0) is 42.7 Å². The molecule has 0 aliphatic rings. The summed E-state index contributed by atoms with van der Waals surface area (Å²) in [7, 11) is 0. The normalized spacial score (nSPS) is 11.7. The van der Waals surface area contributed by atoms with Gasteiger partial charge < -0.3 is 10.2 Å². The molecule has 0 heterocycles. The predicted octanol–water partition coefficient (Wildman–Crippen LogP) is 5.42. The fourth-order valence-corrected chi connectivity index (χ4v) is 3.99. The molecule has 1 atom stereocenters. The quantitative estimate of drug-likeness (QED) is 0.489. The molecule has 7 heteroatoms. The number of benzene rings is 2. The first-order chi connectivity index (χ1) is 14.0. The summed E-state index contributed by atoms with van der Waals surface area (Å²) in [5.74, 6) is 0.0268. The predicted molar refractivity (Wildman–Crippen MR) is 122 cm³/mol. The Morgan fingerprint density at radius 1 is 1.07 bits per heavy atom. The van der Waals surface area contributed by atoms with Gasteiger partial charge in [0.1, 0.15) is 6.04 Å². The van der Waals surface area contributed by atoms with E-state index >= 15 is 0 Å². The van der Waals surface area contributed by atoms with Gasteiger partial charge in [-0.15, -0.1) is 11.8 Å². The Morgan fingerprint density at radius 3 is 2.41 bits per heavy atom. The number of thioether (sulfide) groups is 1. The molecule has 156 valence electrons. The standard InChI is InChI=1S/C22H26Cl2N2O2S/c1-3-12-25-22(28)20(4-2)26(14-16-10-11-18(23)19(24)13-16)21(27)15-29-17-8-6-5-7-9-17/h5-11,13,20H,3-4,12,14-15H2,1-2H3,(H,25,28)/t20-/m0/s1. The van der Waals surface area contributed by atoms with E-state index in [0.717, 1.165) is 16.9 Å². The number of carbonyl (C=O) groups excluding carboxylic acids is 2. The Kier molecular flexibility index (Phi) is 9.85. The zero-order valence-corrected chi connectivity index (χ0v) is 19.0. The number of carbonyl (C=O) groups is 2. The molecule has 2 amide bonds. The summed E-state index contributed by atoms with van der Waals surface area (Å²) in [5.41, 5.74) is 0.833. The number of halogens is 2. The zero-order chi connectivity index (χ0) is 21.2. The summed E-state index contributed by atoms with van der Waals surface area (Å²) in [6.07, 6.45) is 1.37. The Balaban J connectivity index is 2.21. The van der Waals surface area contributed by atoms with Crippen molar-refractivity contribution in [1.82, 2.24) is 10.2 Å². The van der Waals surface area contributed by atoms with E-state index in [1.54, 1.807) is 17.0 Å². The number of hydrogen-bond donors (Lipinski definition) is 1. The van der Waals surface area contributed by atoms with Gasteiger partial charge in [0.25, 0.3) is 0 Å². The van der Waals surface area contributed by atoms with Crippen LogP contribution in [0.5, 0.6) is 0 Å². The summed E-state index contributed by atoms with van der Waals surface area (Å²) in [4.78, 5) is 28.5. The lowest BCUT2D eigenvalue weighted by Crippen LogP contribution is -2.49. The average molecular weight is 453 g/mol. The van der Waals surface area contributed by atoms with Crippen molar-refractivity contribution in [1.29, 1.82) is 0 Å². The molecule has 0 aliphatic heterocycles. The smallest absolute Gasteiger partial charge is 0.242 e. The van der Waals surface area contributed by atoms with E-state index in [2.05, 4.69) is 5.32 Å². The lowest BCUT2D eigenvalue weighted by molar-refractivity contribution is -0.139. The fourth-order valence-electron chi connectivity index (χ4n) is 2.86. The van der Waals surface area contributed by atoms with Gasteiger partial charge in [0, 0.05) is 18.0 Å². The second-order valence-corrected chi connectivity index (χ2v) is 8.45. The van der Waals surface area contributed by atoms with Gasteiger partial charge in [-0.2, -0.15) is 0 Å². The van der Waals surface area contributed by atoms with Crippen LogP contribution in [0, 0.1) is 0 Å². The molecular weight excluding hydrogens is 427 g/mol. The van der Waals surface area contributed by atoms with E-state index in [1.165, 1.54) is 11.8 Å². The summed E-state index contributed by atoms with van der Waals surface area (Å²) in [5, 5.41) is 3.80. The third-order valence-electron chi connectivity index (χ3n) is 4.38. The minimum absolute atomic E-state index is 0.0941. The minimum Gasteiger partial charge on any atom is -0.354 e. The molecule has 0 saturated carbocycles. The second kappa shape index (κ2) is 12.1. The fraction of sp³-hybridized carbons (Fsp3) is 0.364. The lowest BCUT2D eigenvalue weighted by Gasteiger charge is -2.30. The van der Waals surface area contributed by atoms with Crippen molar-refractivity contribution in [3.63, 3.8) is 0 Å². The maximum atomic E-state index is 13.1. The largest absolute Gasteiger partial charge is 0.354 e. The van der Waals surface area contributed by atoms with Crippen LogP contribution >= 0.6 is 35.0 Å². The van der Waals surface area contributed by atoms with Gasteiger partial charge in [0.05, 0.1) is 15.8 Å². The average Bonchev–Trinajstić information content (AvgIpc) is 2.73. The Hall–Kier alpha value is -1.69. The molecule has 2 aromatic rings. The number of amides is 2. The van der Waals surface area contributed by atoms with Gasteiger partial charge in [0.15, 0.2) is 0 Å². The molecule has 4 nitrogen and oxygen atoms in total. The van der Waals surface area contributed by atoms with Gasteiger partial charge >= 0.3 is 0 Å². The van der Waals surface area contributed by atoms with Crippen LogP contribution in [0.4, 0.5) is 0 Å². The van der Waals surface area contributed by atoms with Crippen LogP contribution in [-0.2, 0) is 16.1 Å². The lowest BCUT2D eigenvalue weighted by atomic mass is 10.1. The third kappa shape index (κ3) is 7.25. The molecule has 0 bridgehead atoms. The number of nitrogens with zero attached hydrogens (tertiary/aromatic N) is 1. The Morgan fingerprint density at radius 2 is 1.79 bits per heavy atom.